The Morgan fingerprint density at radius 3 is 2.15 bits per heavy atom. The molecule has 0 unspecified atom stereocenters. The predicted molar refractivity (Wildman–Crippen MR) is 138 cm³/mol. The molecule has 0 N–H and O–H groups in total. The van der Waals surface area contributed by atoms with Crippen molar-refractivity contribution in [1.82, 2.24) is 9.97 Å². The molecule has 4 aromatic carbocycles. The Balaban J connectivity index is 1.59. The van der Waals surface area contributed by atoms with E-state index in [0.717, 1.165) is 22.4 Å². The summed E-state index contributed by atoms with van der Waals surface area (Å²) in [6.45, 7) is 8.92. The number of hydrogen-bond acceptors (Lipinski definition) is 2. The van der Waals surface area contributed by atoms with Crippen LogP contribution in [0.5, 0.6) is 0 Å². The van der Waals surface area contributed by atoms with Gasteiger partial charge < -0.3 is 0 Å². The first kappa shape index (κ1) is 18.8. The molecule has 0 aliphatic heterocycles. The maximum Gasteiger partial charge on any atom is 0.0725 e. The van der Waals surface area contributed by atoms with Crippen LogP contribution in [0, 0.1) is 13.8 Å². The number of aryl methyl sites for hydroxylation is 2. The van der Waals surface area contributed by atoms with E-state index in [1.165, 1.54) is 54.9 Å². The first-order valence-corrected chi connectivity index (χ1v) is 11.6. The van der Waals surface area contributed by atoms with Crippen molar-refractivity contribution in [1.29, 1.82) is 0 Å². The van der Waals surface area contributed by atoms with Gasteiger partial charge in [-0.2, -0.15) is 0 Å². The number of nitrogens with zero attached hydrogens (tertiary/aromatic N) is 2. The van der Waals surface area contributed by atoms with Gasteiger partial charge in [0.1, 0.15) is 0 Å². The van der Waals surface area contributed by atoms with Crippen molar-refractivity contribution < 1.29 is 0 Å². The van der Waals surface area contributed by atoms with Crippen LogP contribution in [-0.2, 0) is 5.41 Å². The first-order chi connectivity index (χ1) is 15.9. The number of fused-ring (bicyclic) bond motifs is 3. The molecule has 0 saturated carbocycles. The predicted octanol–water partition coefficient (Wildman–Crippen LogP) is 7.96. The third kappa shape index (κ3) is 2.33. The van der Waals surface area contributed by atoms with Crippen LogP contribution in [0.2, 0.25) is 0 Å². The molecular weight excluding hydrogens is 400 g/mol. The highest BCUT2D eigenvalue weighted by Gasteiger charge is 2.37. The van der Waals surface area contributed by atoms with Gasteiger partial charge in [0.15, 0.2) is 0 Å². The normalized spacial score (nSPS) is 14.3. The zero-order valence-electron chi connectivity index (χ0n) is 19.3. The van der Waals surface area contributed by atoms with Gasteiger partial charge in [0, 0.05) is 38.3 Å². The average molecular weight is 425 g/mol. The third-order valence-corrected chi connectivity index (χ3v) is 7.66. The Morgan fingerprint density at radius 1 is 0.606 bits per heavy atom. The minimum atomic E-state index is -0.0578. The topological polar surface area (TPSA) is 25.8 Å². The fourth-order valence-corrected chi connectivity index (χ4v) is 6.19. The van der Waals surface area contributed by atoms with E-state index in [9.17, 15) is 0 Å². The Bertz CT molecular complexity index is 1760. The first-order valence-electron chi connectivity index (χ1n) is 11.6. The lowest BCUT2D eigenvalue weighted by atomic mass is 9.78. The minimum Gasteiger partial charge on any atom is -0.252 e. The average Bonchev–Trinajstić information content (AvgIpc) is 3.06. The van der Waals surface area contributed by atoms with Crippen LogP contribution in [0.15, 0.2) is 72.8 Å². The van der Waals surface area contributed by atoms with Crippen molar-refractivity contribution in [3.63, 3.8) is 0 Å². The Kier molecular flexibility index (Phi) is 3.51. The van der Waals surface area contributed by atoms with Gasteiger partial charge in [-0.1, -0.05) is 68.4 Å². The van der Waals surface area contributed by atoms with Crippen molar-refractivity contribution >= 4 is 32.6 Å². The summed E-state index contributed by atoms with van der Waals surface area (Å²) in [5, 5.41) is 4.86. The van der Waals surface area contributed by atoms with Crippen molar-refractivity contribution in [3.05, 3.63) is 95.3 Å². The van der Waals surface area contributed by atoms with Crippen molar-refractivity contribution in [3.8, 4) is 22.3 Å². The standard InChI is InChI=1S/C31H24N2/c1-17-20-10-8-14-26-28(20)29-24(18(2)32-26)15-19(16-27(29)33-17)21-11-7-12-23-22-9-5-6-13-25(22)31(3,4)30(21)23/h5-16H,1-4H3. The van der Waals surface area contributed by atoms with Gasteiger partial charge in [0.25, 0.3) is 0 Å². The molecule has 6 aromatic rings. The highest BCUT2D eigenvalue weighted by molar-refractivity contribution is 6.22. The summed E-state index contributed by atoms with van der Waals surface area (Å²) in [7, 11) is 0. The van der Waals surface area contributed by atoms with Gasteiger partial charge in [0.05, 0.1) is 11.0 Å². The van der Waals surface area contributed by atoms with E-state index in [2.05, 4.69) is 100 Å². The molecule has 1 aliphatic rings. The van der Waals surface area contributed by atoms with E-state index in [1.807, 2.05) is 0 Å². The molecule has 2 aromatic heterocycles. The Labute approximate surface area is 193 Å². The van der Waals surface area contributed by atoms with E-state index in [-0.39, 0.29) is 5.41 Å². The fraction of sp³-hybridized carbons (Fsp3) is 0.161. The van der Waals surface area contributed by atoms with Crippen LogP contribution < -0.4 is 0 Å². The number of aromatic nitrogens is 2. The van der Waals surface area contributed by atoms with Crippen LogP contribution in [0.3, 0.4) is 0 Å². The summed E-state index contributed by atoms with van der Waals surface area (Å²) in [4.78, 5) is 10.1. The monoisotopic (exact) mass is 424 g/mol. The molecule has 7 rings (SSSR count). The van der Waals surface area contributed by atoms with E-state index in [4.69, 9.17) is 9.97 Å². The quantitative estimate of drug-likeness (QED) is 0.250. The van der Waals surface area contributed by atoms with Crippen molar-refractivity contribution in [2.24, 2.45) is 0 Å². The van der Waals surface area contributed by atoms with Crippen LogP contribution in [0.4, 0.5) is 0 Å². The van der Waals surface area contributed by atoms with Gasteiger partial charge >= 0.3 is 0 Å². The van der Waals surface area contributed by atoms with Gasteiger partial charge in [-0.05, 0) is 65.4 Å². The highest BCUT2D eigenvalue weighted by atomic mass is 14.7. The van der Waals surface area contributed by atoms with Crippen molar-refractivity contribution in [2.75, 3.05) is 0 Å². The maximum absolute atomic E-state index is 5.07. The number of benzene rings is 4. The molecule has 2 heteroatoms. The minimum absolute atomic E-state index is 0.0578. The zero-order valence-corrected chi connectivity index (χ0v) is 19.3. The van der Waals surface area contributed by atoms with Crippen molar-refractivity contribution in [2.45, 2.75) is 33.1 Å². The summed E-state index contributed by atoms with van der Waals surface area (Å²) >= 11 is 0. The van der Waals surface area contributed by atoms with Gasteiger partial charge in [-0.15, -0.1) is 0 Å². The molecule has 0 saturated heterocycles. The SMILES string of the molecule is Cc1nc2cc(-c3cccc4c3C(C)(C)c3ccccc3-4)cc3c(C)nc4cccc1c4c23. The molecule has 33 heavy (non-hydrogen) atoms. The molecule has 0 amide bonds. The summed E-state index contributed by atoms with van der Waals surface area (Å²) in [6, 6.07) is 26.6. The second-order valence-corrected chi connectivity index (χ2v) is 9.91. The molecule has 1 aliphatic carbocycles. The lowest BCUT2D eigenvalue weighted by molar-refractivity contribution is 0.662. The summed E-state index contributed by atoms with van der Waals surface area (Å²) in [5.74, 6) is 0. The fourth-order valence-electron chi connectivity index (χ4n) is 6.19. The van der Waals surface area contributed by atoms with E-state index in [1.54, 1.807) is 0 Å². The molecule has 0 radical (unpaired) electrons. The second kappa shape index (κ2) is 6.17. The molecule has 0 atom stereocenters. The Hall–Kier alpha value is -3.78. The molecule has 0 fully saturated rings. The molecule has 0 bridgehead atoms. The maximum atomic E-state index is 5.07. The third-order valence-electron chi connectivity index (χ3n) is 7.66. The molecule has 2 nitrogen and oxygen atoms in total. The number of hydrogen-bond donors (Lipinski definition) is 0. The zero-order chi connectivity index (χ0) is 22.5. The molecule has 158 valence electrons. The Morgan fingerprint density at radius 2 is 1.27 bits per heavy atom. The number of pyridine rings is 2. The van der Waals surface area contributed by atoms with E-state index in [0.29, 0.717) is 0 Å². The van der Waals surface area contributed by atoms with E-state index < -0.39 is 0 Å². The summed E-state index contributed by atoms with van der Waals surface area (Å²) in [6.07, 6.45) is 0. The summed E-state index contributed by atoms with van der Waals surface area (Å²) < 4.78 is 0. The highest BCUT2D eigenvalue weighted by Crippen LogP contribution is 2.52. The van der Waals surface area contributed by atoms with E-state index >= 15 is 0 Å². The molecule has 2 heterocycles. The largest absolute Gasteiger partial charge is 0.252 e. The molecular formula is C31H24N2. The van der Waals surface area contributed by atoms with Gasteiger partial charge in [0.2, 0.25) is 0 Å². The lowest BCUT2D eigenvalue weighted by Crippen LogP contribution is -2.16. The van der Waals surface area contributed by atoms with Gasteiger partial charge in [-0.3, -0.25) is 9.97 Å². The lowest BCUT2D eigenvalue weighted by Gasteiger charge is -2.25. The number of rotatable bonds is 1. The van der Waals surface area contributed by atoms with Gasteiger partial charge in [-0.25, -0.2) is 0 Å². The molecule has 0 spiro atoms. The smallest absolute Gasteiger partial charge is 0.0725 e. The van der Waals surface area contributed by atoms with Crippen LogP contribution in [0.25, 0.3) is 54.8 Å². The van der Waals surface area contributed by atoms with Crippen LogP contribution in [0.1, 0.15) is 36.4 Å². The van der Waals surface area contributed by atoms with Crippen LogP contribution >= 0.6 is 0 Å². The van der Waals surface area contributed by atoms with Crippen LogP contribution in [-0.4, -0.2) is 9.97 Å². The second-order valence-electron chi connectivity index (χ2n) is 9.91. The summed E-state index contributed by atoms with van der Waals surface area (Å²) in [5.41, 5.74) is 12.2.